The van der Waals surface area contributed by atoms with E-state index in [9.17, 15) is 13.2 Å². The van der Waals surface area contributed by atoms with Gasteiger partial charge in [0.15, 0.2) is 5.03 Å². The minimum atomic E-state index is -4.00. The van der Waals surface area contributed by atoms with Gasteiger partial charge in [-0.25, -0.2) is 9.71 Å². The summed E-state index contributed by atoms with van der Waals surface area (Å²) in [5, 5.41) is -0.122. The molecule has 4 saturated carbocycles. The maximum absolute atomic E-state index is 12.9. The molecule has 5 nitrogen and oxygen atoms in total. The molecule has 43 heavy (non-hydrogen) atoms. The molecule has 0 aliphatic heterocycles. The van der Waals surface area contributed by atoms with Crippen LogP contribution in [0.5, 0.6) is 0 Å². The van der Waals surface area contributed by atoms with Crippen LogP contribution in [0, 0.1) is 52.3 Å². The fraction of sp³-hybridized carbons (Fsp3) is 0.676. The van der Waals surface area contributed by atoms with E-state index in [4.69, 9.17) is 0 Å². The summed E-state index contributed by atoms with van der Waals surface area (Å²) in [6.07, 6.45) is 16.3. The number of nitrogens with one attached hydrogen (secondary N) is 1. The van der Waals surface area contributed by atoms with Crippen molar-refractivity contribution in [2.24, 2.45) is 52.3 Å². The van der Waals surface area contributed by atoms with Gasteiger partial charge in [0.2, 0.25) is 5.91 Å². The van der Waals surface area contributed by atoms with Gasteiger partial charge in [-0.2, -0.15) is 8.42 Å². The molecule has 0 bridgehead atoms. The lowest BCUT2D eigenvalue weighted by molar-refractivity contribution is -0.138. The second-order valence-electron chi connectivity index (χ2n) is 15.2. The molecule has 1 aromatic carbocycles. The van der Waals surface area contributed by atoms with Gasteiger partial charge < -0.3 is 0 Å². The molecule has 1 heterocycles. The van der Waals surface area contributed by atoms with Gasteiger partial charge in [0.25, 0.3) is 10.0 Å². The number of carbonyl (C=O) groups excluding carboxylic acids is 1. The number of pyridine rings is 1. The molecule has 1 amide bonds. The Morgan fingerprint density at radius 1 is 0.930 bits per heavy atom. The van der Waals surface area contributed by atoms with Gasteiger partial charge in [-0.05, 0) is 121 Å². The fourth-order valence-corrected chi connectivity index (χ4v) is 12.1. The molecule has 4 fully saturated rings. The summed E-state index contributed by atoms with van der Waals surface area (Å²) < 4.78 is 28.2. The number of hydrogen-bond donors (Lipinski definition) is 1. The number of hydrogen-bond acceptors (Lipinski definition) is 4. The molecule has 0 spiro atoms. The highest BCUT2D eigenvalue weighted by Crippen LogP contribution is 2.69. The molecular weight excluding hydrogens is 552 g/mol. The van der Waals surface area contributed by atoms with Crippen LogP contribution in [0.25, 0.3) is 11.1 Å². The zero-order chi connectivity index (χ0) is 30.4. The first-order valence-corrected chi connectivity index (χ1v) is 18.6. The minimum absolute atomic E-state index is 0.122. The van der Waals surface area contributed by atoms with Gasteiger partial charge in [-0.1, -0.05) is 77.3 Å². The van der Waals surface area contributed by atoms with Gasteiger partial charge in [-0.3, -0.25) is 4.79 Å². The molecular formula is C37H52N2O3S. The van der Waals surface area contributed by atoms with E-state index in [1.807, 2.05) is 30.3 Å². The highest BCUT2D eigenvalue weighted by molar-refractivity contribution is 7.90. The van der Waals surface area contributed by atoms with Crippen LogP contribution < -0.4 is 4.72 Å². The van der Waals surface area contributed by atoms with E-state index in [2.05, 4.69) is 37.4 Å². The lowest BCUT2D eigenvalue weighted by atomic mass is 9.42. The van der Waals surface area contributed by atoms with Crippen molar-refractivity contribution < 1.29 is 13.2 Å². The van der Waals surface area contributed by atoms with Gasteiger partial charge in [-0.15, -0.1) is 0 Å². The van der Waals surface area contributed by atoms with Crippen LogP contribution in [0.2, 0.25) is 0 Å². The number of amides is 1. The highest BCUT2D eigenvalue weighted by atomic mass is 32.2. The number of carbonyl (C=O) groups is 1. The molecule has 234 valence electrons. The zero-order valence-electron chi connectivity index (χ0n) is 26.7. The van der Waals surface area contributed by atoms with Crippen molar-refractivity contribution in [1.29, 1.82) is 0 Å². The summed E-state index contributed by atoms with van der Waals surface area (Å²) in [5.41, 5.74) is 2.68. The fourth-order valence-electron chi connectivity index (χ4n) is 11.1. The number of fused-ring (bicyclic) bond motifs is 5. The maximum atomic E-state index is 12.9. The Labute approximate surface area is 260 Å². The predicted octanol–water partition coefficient (Wildman–Crippen LogP) is 8.65. The van der Waals surface area contributed by atoms with E-state index in [0.29, 0.717) is 22.7 Å². The van der Waals surface area contributed by atoms with Crippen LogP contribution in [0.4, 0.5) is 0 Å². The van der Waals surface area contributed by atoms with Crippen molar-refractivity contribution in [3.8, 4) is 11.1 Å². The number of nitrogens with zero attached hydrogens (tertiary/aromatic N) is 1. The number of rotatable bonds is 8. The summed E-state index contributed by atoms with van der Waals surface area (Å²) in [5.74, 6) is 4.93. The average Bonchev–Trinajstić information content (AvgIpc) is 3.37. The first kappa shape index (κ1) is 30.8. The molecule has 6 rings (SSSR count). The third-order valence-corrected chi connectivity index (χ3v) is 14.5. The van der Waals surface area contributed by atoms with Crippen LogP contribution in [0.15, 0.2) is 53.7 Å². The van der Waals surface area contributed by atoms with Crippen LogP contribution in [-0.4, -0.2) is 19.3 Å². The summed E-state index contributed by atoms with van der Waals surface area (Å²) in [4.78, 5) is 17.1. The topological polar surface area (TPSA) is 76.1 Å². The standard InChI is InChI=1S/C37H52N2O3S/c1-5-26-23-29-32-17-16-30(37(32,4)22-20-33(29)36(3)21-10-9-13-31(26)36)25(2)14-18-34(40)39-43(41,42)35-19-15-28(24-38-35)27-11-7-6-8-12-27/h6-8,11-12,15,19,24-26,29-33H,5,9-10,13-14,16-18,20-23H2,1-4H3,(H,39,40)/t25-,26+,29?,30-,31+,32?,33?,36+,37-/m1/s1. The molecule has 2 aromatic rings. The van der Waals surface area contributed by atoms with E-state index < -0.39 is 15.9 Å². The second kappa shape index (κ2) is 11.9. The summed E-state index contributed by atoms with van der Waals surface area (Å²) in [6.45, 7) is 9.99. The van der Waals surface area contributed by atoms with Crippen LogP contribution in [0.3, 0.4) is 0 Å². The molecule has 4 aliphatic rings. The summed E-state index contributed by atoms with van der Waals surface area (Å²) >= 11 is 0. The third kappa shape index (κ3) is 5.59. The van der Waals surface area contributed by atoms with Crippen molar-refractivity contribution in [2.75, 3.05) is 0 Å². The molecule has 4 aliphatic carbocycles. The monoisotopic (exact) mass is 604 g/mol. The van der Waals surface area contributed by atoms with Gasteiger partial charge in [0, 0.05) is 18.2 Å². The van der Waals surface area contributed by atoms with Crippen molar-refractivity contribution in [3.63, 3.8) is 0 Å². The highest BCUT2D eigenvalue weighted by Gasteiger charge is 2.61. The van der Waals surface area contributed by atoms with E-state index >= 15 is 0 Å². The van der Waals surface area contributed by atoms with Crippen LogP contribution >= 0.6 is 0 Å². The van der Waals surface area contributed by atoms with Crippen molar-refractivity contribution in [1.82, 2.24) is 9.71 Å². The number of aromatic nitrogens is 1. The van der Waals surface area contributed by atoms with E-state index in [0.717, 1.165) is 47.1 Å². The lowest BCUT2D eigenvalue weighted by Gasteiger charge is -2.63. The first-order chi connectivity index (χ1) is 20.6. The normalized spacial score (nSPS) is 36.2. The van der Waals surface area contributed by atoms with Crippen LogP contribution in [-0.2, 0) is 14.8 Å². The van der Waals surface area contributed by atoms with Crippen LogP contribution in [0.1, 0.15) is 105 Å². The van der Waals surface area contributed by atoms with E-state index in [1.54, 1.807) is 12.3 Å². The van der Waals surface area contributed by atoms with E-state index in [-0.39, 0.29) is 11.4 Å². The average molecular weight is 605 g/mol. The summed E-state index contributed by atoms with van der Waals surface area (Å²) in [7, 11) is -4.00. The third-order valence-electron chi connectivity index (χ3n) is 13.2. The molecule has 0 saturated heterocycles. The van der Waals surface area contributed by atoms with Gasteiger partial charge in [0.05, 0.1) is 0 Å². The molecule has 9 atom stereocenters. The molecule has 6 heteroatoms. The predicted molar refractivity (Wildman–Crippen MR) is 172 cm³/mol. The summed E-state index contributed by atoms with van der Waals surface area (Å²) in [6, 6.07) is 12.9. The van der Waals surface area contributed by atoms with Gasteiger partial charge in [0.1, 0.15) is 0 Å². The Morgan fingerprint density at radius 2 is 1.70 bits per heavy atom. The minimum Gasteiger partial charge on any atom is -0.274 e. The van der Waals surface area contributed by atoms with Crippen molar-refractivity contribution >= 4 is 15.9 Å². The largest absolute Gasteiger partial charge is 0.281 e. The van der Waals surface area contributed by atoms with E-state index in [1.165, 1.54) is 70.3 Å². The lowest BCUT2D eigenvalue weighted by Crippen LogP contribution is -2.55. The molecule has 0 radical (unpaired) electrons. The molecule has 3 unspecified atom stereocenters. The Hall–Kier alpha value is -2.21. The maximum Gasteiger partial charge on any atom is 0.281 e. The van der Waals surface area contributed by atoms with Crippen molar-refractivity contribution in [2.45, 2.75) is 110 Å². The molecule has 1 aromatic heterocycles. The SMILES string of the molecule is CC[C@H]1CC2C3CC[C@H]([C@H](C)CCC(=O)NS(=O)(=O)c4ccc(-c5ccccc5)cn4)[C@@]3(C)CCC2[C@@]2(C)CCCC[C@@H]12. The van der Waals surface area contributed by atoms with Crippen molar-refractivity contribution in [3.05, 3.63) is 48.7 Å². The number of benzene rings is 1. The van der Waals surface area contributed by atoms with Gasteiger partial charge >= 0.3 is 0 Å². The number of sulfonamides is 1. The second-order valence-corrected chi connectivity index (χ2v) is 16.8. The smallest absolute Gasteiger partial charge is 0.274 e. The Kier molecular flexibility index (Phi) is 8.56. The Balaban J connectivity index is 1.07. The Bertz CT molecular complexity index is 1390. The zero-order valence-corrected chi connectivity index (χ0v) is 27.5. The quantitative estimate of drug-likeness (QED) is 0.327. The first-order valence-electron chi connectivity index (χ1n) is 17.1. The molecule has 1 N–H and O–H groups in total. The Morgan fingerprint density at radius 3 is 2.42 bits per heavy atom.